The maximum atomic E-state index is 9.45. The first-order chi connectivity index (χ1) is 7.82. The number of aliphatic hydroxyl groups is 1. The number of fused-ring (bicyclic) bond motifs is 1. The Balaban J connectivity index is 2.00. The molecule has 0 bridgehead atoms. The van der Waals surface area contributed by atoms with Gasteiger partial charge in [0.15, 0.2) is 0 Å². The smallest absolute Gasteiger partial charge is 0.123 e. The van der Waals surface area contributed by atoms with E-state index in [1.807, 2.05) is 0 Å². The Morgan fingerprint density at radius 3 is 3.06 bits per heavy atom. The van der Waals surface area contributed by atoms with Crippen LogP contribution in [0.15, 0.2) is 0 Å². The summed E-state index contributed by atoms with van der Waals surface area (Å²) in [5.74, 6) is 0. The van der Waals surface area contributed by atoms with Gasteiger partial charge >= 0.3 is 0 Å². The van der Waals surface area contributed by atoms with Gasteiger partial charge in [-0.2, -0.15) is 5.26 Å². The van der Waals surface area contributed by atoms with E-state index in [9.17, 15) is 5.26 Å². The molecule has 90 valence electrons. The van der Waals surface area contributed by atoms with E-state index in [1.165, 1.54) is 12.8 Å². The van der Waals surface area contributed by atoms with E-state index in [1.54, 1.807) is 0 Å². The van der Waals surface area contributed by atoms with Crippen molar-refractivity contribution in [1.29, 1.82) is 5.26 Å². The summed E-state index contributed by atoms with van der Waals surface area (Å²) < 4.78 is 0. The first-order valence-corrected chi connectivity index (χ1v) is 6.33. The zero-order chi connectivity index (χ0) is 11.4. The van der Waals surface area contributed by atoms with Crippen LogP contribution in [-0.4, -0.2) is 47.8 Å². The molecule has 2 aliphatic heterocycles. The number of rotatable bonds is 4. The van der Waals surface area contributed by atoms with Crippen molar-refractivity contribution in [2.45, 2.75) is 43.7 Å². The fourth-order valence-corrected chi connectivity index (χ4v) is 3.07. The molecule has 4 heteroatoms. The van der Waals surface area contributed by atoms with E-state index >= 15 is 0 Å². The maximum Gasteiger partial charge on any atom is 0.123 e. The maximum absolute atomic E-state index is 9.45. The Morgan fingerprint density at radius 1 is 1.44 bits per heavy atom. The Kier molecular flexibility index (Phi) is 3.80. The summed E-state index contributed by atoms with van der Waals surface area (Å²) in [6, 6.07) is 2.89. The summed E-state index contributed by atoms with van der Waals surface area (Å²) in [5.41, 5.74) is -0.352. The molecule has 0 radical (unpaired) electrons. The molecule has 0 aromatic rings. The zero-order valence-electron chi connectivity index (χ0n) is 9.78. The fourth-order valence-electron chi connectivity index (χ4n) is 3.07. The zero-order valence-corrected chi connectivity index (χ0v) is 9.78. The lowest BCUT2D eigenvalue weighted by molar-refractivity contribution is 0.159. The summed E-state index contributed by atoms with van der Waals surface area (Å²) >= 11 is 0. The molecule has 0 spiro atoms. The molecule has 0 aliphatic carbocycles. The molecule has 2 unspecified atom stereocenters. The highest BCUT2D eigenvalue weighted by atomic mass is 16.3. The van der Waals surface area contributed by atoms with Crippen LogP contribution in [0.3, 0.4) is 0 Å². The largest absolute Gasteiger partial charge is 0.396 e. The predicted molar refractivity (Wildman–Crippen MR) is 61.9 cm³/mol. The number of nitriles is 1. The number of hydrogen-bond acceptors (Lipinski definition) is 4. The number of nitrogens with one attached hydrogen (secondary N) is 1. The lowest BCUT2D eigenvalue weighted by Gasteiger charge is -2.37. The van der Waals surface area contributed by atoms with Crippen LogP contribution in [-0.2, 0) is 0 Å². The number of nitrogens with zero attached hydrogens (tertiary/aromatic N) is 2. The predicted octanol–water partition coefficient (Wildman–Crippen LogP) is 0.479. The van der Waals surface area contributed by atoms with Crippen molar-refractivity contribution in [3.05, 3.63) is 0 Å². The summed E-state index contributed by atoms with van der Waals surface area (Å²) in [7, 11) is 0. The Bertz CT molecular complexity index is 276. The molecular weight excluding hydrogens is 202 g/mol. The summed E-state index contributed by atoms with van der Waals surface area (Å²) in [6.07, 6.45) is 5.32. The normalized spacial score (nSPS) is 34.6. The van der Waals surface area contributed by atoms with Gasteiger partial charge in [-0.3, -0.25) is 10.2 Å². The van der Waals surface area contributed by atoms with Crippen LogP contribution in [0.1, 0.15) is 32.1 Å². The molecule has 0 saturated carbocycles. The van der Waals surface area contributed by atoms with Crippen molar-refractivity contribution in [2.24, 2.45) is 0 Å². The van der Waals surface area contributed by atoms with Gasteiger partial charge in [-0.1, -0.05) is 6.42 Å². The Morgan fingerprint density at radius 2 is 2.31 bits per heavy atom. The standard InChI is InChI=1S/C12H21N3O/c13-10-12(14-6-3-9-16)5-8-15-7-2-1-4-11(12)15/h11,14,16H,1-9H2. The van der Waals surface area contributed by atoms with E-state index in [4.69, 9.17) is 5.11 Å². The van der Waals surface area contributed by atoms with Gasteiger partial charge in [0.1, 0.15) is 5.54 Å². The van der Waals surface area contributed by atoms with Gasteiger partial charge < -0.3 is 5.11 Å². The third kappa shape index (κ3) is 2.08. The highest BCUT2D eigenvalue weighted by molar-refractivity contribution is 5.19. The van der Waals surface area contributed by atoms with Crippen molar-refractivity contribution in [3.63, 3.8) is 0 Å². The van der Waals surface area contributed by atoms with Gasteiger partial charge in [-0.05, 0) is 38.8 Å². The highest BCUT2D eigenvalue weighted by Crippen LogP contribution is 2.34. The molecule has 0 amide bonds. The van der Waals surface area contributed by atoms with E-state index in [0.717, 1.165) is 38.9 Å². The van der Waals surface area contributed by atoms with Gasteiger partial charge in [-0.15, -0.1) is 0 Å². The highest BCUT2D eigenvalue weighted by Gasteiger charge is 2.47. The molecule has 2 heterocycles. The van der Waals surface area contributed by atoms with Crippen LogP contribution in [0, 0.1) is 11.3 Å². The van der Waals surface area contributed by atoms with Crippen molar-refractivity contribution in [1.82, 2.24) is 10.2 Å². The van der Waals surface area contributed by atoms with Crippen LogP contribution in [0.4, 0.5) is 0 Å². The summed E-state index contributed by atoms with van der Waals surface area (Å²) in [6.45, 7) is 3.14. The number of piperidine rings is 1. The summed E-state index contributed by atoms with van der Waals surface area (Å²) in [5, 5.41) is 21.6. The van der Waals surface area contributed by atoms with E-state index in [2.05, 4.69) is 16.3 Å². The van der Waals surface area contributed by atoms with Crippen LogP contribution in [0.25, 0.3) is 0 Å². The van der Waals surface area contributed by atoms with Crippen LogP contribution in [0.2, 0.25) is 0 Å². The van der Waals surface area contributed by atoms with E-state index < -0.39 is 0 Å². The Hall–Kier alpha value is -0.630. The van der Waals surface area contributed by atoms with Gasteiger partial charge in [0.25, 0.3) is 0 Å². The molecule has 2 saturated heterocycles. The summed E-state index contributed by atoms with van der Waals surface area (Å²) in [4.78, 5) is 2.46. The third-order valence-electron chi connectivity index (χ3n) is 3.95. The minimum Gasteiger partial charge on any atom is -0.396 e. The lowest BCUT2D eigenvalue weighted by Crippen LogP contribution is -2.55. The first-order valence-electron chi connectivity index (χ1n) is 6.33. The molecule has 2 fully saturated rings. The molecule has 0 aromatic heterocycles. The third-order valence-corrected chi connectivity index (χ3v) is 3.95. The average Bonchev–Trinajstić information content (AvgIpc) is 2.70. The molecule has 2 aliphatic rings. The molecule has 4 nitrogen and oxygen atoms in total. The van der Waals surface area contributed by atoms with Gasteiger partial charge in [0, 0.05) is 19.2 Å². The van der Waals surface area contributed by atoms with Gasteiger partial charge in [0.05, 0.1) is 6.07 Å². The van der Waals surface area contributed by atoms with Gasteiger partial charge in [-0.25, -0.2) is 0 Å². The SMILES string of the molecule is N#CC1(NCCCO)CCN2CCCCC21. The fraction of sp³-hybridized carbons (Fsp3) is 0.917. The molecule has 2 N–H and O–H groups in total. The molecule has 2 rings (SSSR count). The van der Waals surface area contributed by atoms with Crippen molar-refractivity contribution in [3.8, 4) is 6.07 Å². The first kappa shape index (κ1) is 11.8. The second kappa shape index (κ2) is 5.13. The topological polar surface area (TPSA) is 59.3 Å². The number of hydrogen-bond donors (Lipinski definition) is 2. The van der Waals surface area contributed by atoms with E-state index in [-0.39, 0.29) is 12.1 Å². The van der Waals surface area contributed by atoms with Gasteiger partial charge in [0.2, 0.25) is 0 Å². The van der Waals surface area contributed by atoms with Crippen LogP contribution < -0.4 is 5.32 Å². The molecular formula is C12H21N3O. The number of aliphatic hydroxyl groups excluding tert-OH is 1. The molecule has 2 atom stereocenters. The molecule has 16 heavy (non-hydrogen) atoms. The minimum absolute atomic E-state index is 0.197. The van der Waals surface area contributed by atoms with E-state index in [0.29, 0.717) is 6.04 Å². The lowest BCUT2D eigenvalue weighted by atomic mass is 9.86. The van der Waals surface area contributed by atoms with Crippen molar-refractivity contribution >= 4 is 0 Å². The van der Waals surface area contributed by atoms with Crippen LogP contribution in [0.5, 0.6) is 0 Å². The second-order valence-corrected chi connectivity index (χ2v) is 4.88. The average molecular weight is 223 g/mol. The minimum atomic E-state index is -0.352. The quantitative estimate of drug-likeness (QED) is 0.681. The van der Waals surface area contributed by atoms with Crippen LogP contribution >= 0.6 is 0 Å². The monoisotopic (exact) mass is 223 g/mol. The second-order valence-electron chi connectivity index (χ2n) is 4.88. The van der Waals surface area contributed by atoms with Crippen molar-refractivity contribution < 1.29 is 5.11 Å². The van der Waals surface area contributed by atoms with Crippen molar-refractivity contribution in [2.75, 3.05) is 26.2 Å². The molecule has 0 aromatic carbocycles. The Labute approximate surface area is 97.2 Å².